The van der Waals surface area contributed by atoms with E-state index in [0.29, 0.717) is 28.7 Å². The van der Waals surface area contributed by atoms with Crippen molar-refractivity contribution in [2.75, 3.05) is 34.2 Å². The van der Waals surface area contributed by atoms with Gasteiger partial charge in [0.1, 0.15) is 0 Å². The van der Waals surface area contributed by atoms with Crippen LogP contribution < -0.4 is 5.56 Å². The minimum atomic E-state index is -0.166. The quantitative estimate of drug-likeness (QED) is 0.493. The molecule has 4 rings (SSSR count). The summed E-state index contributed by atoms with van der Waals surface area (Å²) in [7, 11) is 5.81. The van der Waals surface area contributed by atoms with E-state index in [1.165, 1.54) is 4.40 Å². The SMILES string of the molecule is CN(C)CCCN(C)C(=O)c1cccn2c(=O)c3cc4ccccc4cc3nc12. The molecule has 2 heterocycles. The number of aromatic nitrogens is 2. The van der Waals surface area contributed by atoms with Gasteiger partial charge in [0.15, 0.2) is 5.65 Å². The van der Waals surface area contributed by atoms with Crippen molar-refractivity contribution in [3.63, 3.8) is 0 Å². The smallest absolute Gasteiger partial charge is 0.265 e. The van der Waals surface area contributed by atoms with Crippen molar-refractivity contribution in [1.82, 2.24) is 19.2 Å². The number of carbonyl (C=O) groups excluding carboxylic acids is 1. The lowest BCUT2D eigenvalue weighted by Crippen LogP contribution is -2.31. The van der Waals surface area contributed by atoms with Crippen LogP contribution in [0.25, 0.3) is 27.3 Å². The molecule has 0 aliphatic heterocycles. The van der Waals surface area contributed by atoms with Gasteiger partial charge in [-0.15, -0.1) is 0 Å². The molecule has 0 aliphatic carbocycles. The first-order valence-electron chi connectivity index (χ1n) is 9.70. The first-order chi connectivity index (χ1) is 14.0. The summed E-state index contributed by atoms with van der Waals surface area (Å²) in [4.78, 5) is 34.7. The van der Waals surface area contributed by atoms with E-state index in [0.717, 1.165) is 23.7 Å². The van der Waals surface area contributed by atoms with Gasteiger partial charge in [-0.2, -0.15) is 0 Å². The average molecular weight is 388 g/mol. The summed E-state index contributed by atoms with van der Waals surface area (Å²) < 4.78 is 1.47. The lowest BCUT2D eigenvalue weighted by Gasteiger charge is -2.19. The molecule has 148 valence electrons. The van der Waals surface area contributed by atoms with E-state index < -0.39 is 0 Å². The first-order valence-corrected chi connectivity index (χ1v) is 9.70. The van der Waals surface area contributed by atoms with Crippen LogP contribution in [0.5, 0.6) is 0 Å². The second-order valence-electron chi connectivity index (χ2n) is 7.63. The Morgan fingerprint density at radius 3 is 2.45 bits per heavy atom. The number of nitrogens with zero attached hydrogens (tertiary/aromatic N) is 4. The summed E-state index contributed by atoms with van der Waals surface area (Å²) in [5.41, 5.74) is 1.27. The van der Waals surface area contributed by atoms with Crippen LogP contribution in [0.3, 0.4) is 0 Å². The number of benzene rings is 2. The van der Waals surface area contributed by atoms with Crippen molar-refractivity contribution < 1.29 is 4.79 Å². The molecule has 0 fully saturated rings. The second-order valence-corrected chi connectivity index (χ2v) is 7.63. The highest BCUT2D eigenvalue weighted by molar-refractivity contribution is 6.01. The van der Waals surface area contributed by atoms with E-state index in [4.69, 9.17) is 4.98 Å². The van der Waals surface area contributed by atoms with E-state index in [-0.39, 0.29) is 11.5 Å². The molecule has 4 aromatic rings. The van der Waals surface area contributed by atoms with E-state index >= 15 is 0 Å². The number of rotatable bonds is 5. The number of amides is 1. The summed E-state index contributed by atoms with van der Waals surface area (Å²) in [5.74, 6) is -0.131. The second kappa shape index (κ2) is 7.64. The zero-order chi connectivity index (χ0) is 20.5. The Morgan fingerprint density at radius 2 is 1.72 bits per heavy atom. The molecule has 0 N–H and O–H groups in total. The van der Waals surface area contributed by atoms with Gasteiger partial charge in [0, 0.05) is 19.8 Å². The van der Waals surface area contributed by atoms with E-state index in [1.54, 1.807) is 30.3 Å². The Hall–Kier alpha value is -3.25. The molecule has 0 spiro atoms. The number of pyridine rings is 1. The number of hydrogen-bond donors (Lipinski definition) is 0. The first kappa shape index (κ1) is 19.1. The molecule has 6 nitrogen and oxygen atoms in total. The van der Waals surface area contributed by atoms with Crippen molar-refractivity contribution in [2.24, 2.45) is 0 Å². The normalized spacial score (nSPS) is 11.6. The van der Waals surface area contributed by atoms with Gasteiger partial charge in [0.2, 0.25) is 0 Å². The fraction of sp³-hybridized carbons (Fsp3) is 0.261. The molecule has 2 aromatic heterocycles. The molecule has 29 heavy (non-hydrogen) atoms. The van der Waals surface area contributed by atoms with E-state index in [9.17, 15) is 9.59 Å². The Kier molecular flexibility index (Phi) is 5.03. The van der Waals surface area contributed by atoms with Crippen molar-refractivity contribution in [2.45, 2.75) is 6.42 Å². The maximum atomic E-state index is 13.1. The van der Waals surface area contributed by atoms with Crippen LogP contribution in [0.2, 0.25) is 0 Å². The summed E-state index contributed by atoms with van der Waals surface area (Å²) in [6.07, 6.45) is 2.55. The third-order valence-electron chi connectivity index (χ3n) is 5.18. The van der Waals surface area contributed by atoms with Crippen LogP contribution in [0, 0.1) is 0 Å². The highest BCUT2D eigenvalue weighted by Crippen LogP contribution is 2.21. The molecule has 6 heteroatoms. The average Bonchev–Trinajstić information content (AvgIpc) is 2.71. The lowest BCUT2D eigenvalue weighted by atomic mass is 10.1. The highest BCUT2D eigenvalue weighted by atomic mass is 16.2. The van der Waals surface area contributed by atoms with Crippen LogP contribution in [0.15, 0.2) is 59.5 Å². The fourth-order valence-corrected chi connectivity index (χ4v) is 3.61. The van der Waals surface area contributed by atoms with Gasteiger partial charge < -0.3 is 9.80 Å². The third-order valence-corrected chi connectivity index (χ3v) is 5.18. The van der Waals surface area contributed by atoms with Crippen LogP contribution in [0.1, 0.15) is 16.8 Å². The summed E-state index contributed by atoms with van der Waals surface area (Å²) >= 11 is 0. The van der Waals surface area contributed by atoms with Gasteiger partial charge in [-0.05, 0) is 62.1 Å². The topological polar surface area (TPSA) is 57.9 Å². The minimum absolute atomic E-state index is 0.131. The molecular weight excluding hydrogens is 364 g/mol. The fourth-order valence-electron chi connectivity index (χ4n) is 3.61. The Bertz CT molecular complexity index is 1280. The standard InChI is InChI=1S/C23H24N4O2/c1-25(2)11-7-12-26(3)22(28)18-10-6-13-27-21(18)24-20-15-17-9-5-4-8-16(17)14-19(20)23(27)29/h4-6,8-10,13-15H,7,11-12H2,1-3H3. The predicted octanol–water partition coefficient (Wildman–Crippen LogP) is 3.02. The summed E-state index contributed by atoms with van der Waals surface area (Å²) in [5, 5.41) is 2.55. The molecule has 0 radical (unpaired) electrons. The van der Waals surface area contributed by atoms with Crippen LogP contribution in [-0.2, 0) is 0 Å². The highest BCUT2D eigenvalue weighted by Gasteiger charge is 2.18. The molecule has 1 amide bonds. The molecule has 0 saturated heterocycles. The zero-order valence-electron chi connectivity index (χ0n) is 16.9. The lowest BCUT2D eigenvalue weighted by molar-refractivity contribution is 0.0792. The van der Waals surface area contributed by atoms with Crippen molar-refractivity contribution >= 4 is 33.2 Å². The van der Waals surface area contributed by atoms with Gasteiger partial charge in [-0.3, -0.25) is 14.0 Å². The molecule has 0 atom stereocenters. The minimum Gasteiger partial charge on any atom is -0.342 e. The third kappa shape index (κ3) is 3.59. The number of hydrogen-bond acceptors (Lipinski definition) is 4. The van der Waals surface area contributed by atoms with Crippen LogP contribution >= 0.6 is 0 Å². The molecule has 0 saturated carbocycles. The zero-order valence-corrected chi connectivity index (χ0v) is 16.9. The summed E-state index contributed by atoms with van der Waals surface area (Å²) in [6, 6.07) is 15.1. The predicted molar refractivity (Wildman–Crippen MR) is 117 cm³/mol. The van der Waals surface area contributed by atoms with E-state index in [1.807, 2.05) is 50.5 Å². The van der Waals surface area contributed by atoms with Crippen molar-refractivity contribution in [3.8, 4) is 0 Å². The monoisotopic (exact) mass is 388 g/mol. The van der Waals surface area contributed by atoms with Crippen molar-refractivity contribution in [1.29, 1.82) is 0 Å². The van der Waals surface area contributed by atoms with Crippen LogP contribution in [-0.4, -0.2) is 59.3 Å². The maximum absolute atomic E-state index is 13.1. The molecule has 0 unspecified atom stereocenters. The number of carbonyl (C=O) groups is 1. The van der Waals surface area contributed by atoms with Gasteiger partial charge in [-0.1, -0.05) is 24.3 Å². The van der Waals surface area contributed by atoms with E-state index in [2.05, 4.69) is 4.90 Å². The van der Waals surface area contributed by atoms with Crippen molar-refractivity contribution in [3.05, 3.63) is 70.6 Å². The Morgan fingerprint density at radius 1 is 1.00 bits per heavy atom. The summed E-state index contributed by atoms with van der Waals surface area (Å²) in [6.45, 7) is 1.54. The molecular formula is C23H24N4O2. The molecule has 2 aromatic carbocycles. The van der Waals surface area contributed by atoms with Gasteiger partial charge >= 0.3 is 0 Å². The van der Waals surface area contributed by atoms with Gasteiger partial charge in [-0.25, -0.2) is 4.98 Å². The Balaban J connectivity index is 1.82. The largest absolute Gasteiger partial charge is 0.342 e. The van der Waals surface area contributed by atoms with Gasteiger partial charge in [0.25, 0.3) is 11.5 Å². The molecule has 0 aliphatic rings. The van der Waals surface area contributed by atoms with Crippen LogP contribution in [0.4, 0.5) is 0 Å². The Labute approximate surface area is 169 Å². The molecule has 0 bridgehead atoms. The number of fused-ring (bicyclic) bond motifs is 3. The maximum Gasteiger partial charge on any atom is 0.265 e. The van der Waals surface area contributed by atoms with Gasteiger partial charge in [0.05, 0.1) is 16.5 Å².